The van der Waals surface area contributed by atoms with E-state index < -0.39 is 56.9 Å². The molecule has 6 N–H and O–H groups in total. The average Bonchev–Trinajstić information content (AvgIpc) is 2.74. The van der Waals surface area contributed by atoms with E-state index in [-0.39, 0.29) is 10.6 Å². The number of hydrogen-bond acceptors (Lipinski definition) is 8. The van der Waals surface area contributed by atoms with Crippen molar-refractivity contribution in [3.63, 3.8) is 0 Å². The van der Waals surface area contributed by atoms with Crippen LogP contribution < -0.4 is 20.7 Å². The summed E-state index contributed by atoms with van der Waals surface area (Å²) in [5, 5.41) is 14.7. The summed E-state index contributed by atoms with van der Waals surface area (Å²) in [6, 6.07) is -2.48. The maximum atomic E-state index is 13.0. The van der Waals surface area contributed by atoms with Gasteiger partial charge in [-0.25, -0.2) is 0 Å². The second kappa shape index (κ2) is 17.2. The predicted molar refractivity (Wildman–Crippen MR) is 136 cm³/mol. The molecule has 0 bridgehead atoms. The molecule has 0 spiro atoms. The standard InChI is InChI=1S/C22H42N4O6SSe/c1-7-14(2)17(19(28)29)25-18(27)15(11-13-33-6)26-34-20(30)16(10-8-9-12-23)24-21(31)32-22(3,4)5/h14-17,26H,7-13,23H2,1-6H3,(H,24,31)(H,25,27)(H,28,29)/t14-,15-,16-,17-/m0/s1. The van der Waals surface area contributed by atoms with E-state index in [4.69, 9.17) is 10.5 Å². The number of hydrogen-bond donors (Lipinski definition) is 5. The number of alkyl carbamates (subject to hydrolysis) is 1. The molecule has 0 saturated heterocycles. The third-order valence-corrected chi connectivity index (χ3v) is 7.44. The Morgan fingerprint density at radius 1 is 1.09 bits per heavy atom. The number of carboxylic acids is 1. The van der Waals surface area contributed by atoms with Crippen LogP contribution in [0.3, 0.4) is 0 Å². The van der Waals surface area contributed by atoms with Crippen molar-refractivity contribution >= 4 is 49.6 Å². The van der Waals surface area contributed by atoms with Crippen LogP contribution in [0.15, 0.2) is 0 Å². The van der Waals surface area contributed by atoms with Crippen LogP contribution in [0.2, 0.25) is 0 Å². The van der Waals surface area contributed by atoms with Crippen LogP contribution in [-0.4, -0.2) is 85.2 Å². The zero-order valence-corrected chi connectivity index (χ0v) is 23.7. The molecule has 198 valence electrons. The van der Waals surface area contributed by atoms with Crippen molar-refractivity contribution in [3.8, 4) is 0 Å². The van der Waals surface area contributed by atoms with Gasteiger partial charge < -0.3 is 0 Å². The van der Waals surface area contributed by atoms with E-state index in [0.717, 1.165) is 0 Å². The fourth-order valence-corrected chi connectivity index (χ4v) is 4.96. The fourth-order valence-electron chi connectivity index (χ4n) is 2.81. The minimum absolute atomic E-state index is 0.228. The Kier molecular flexibility index (Phi) is 16.5. The molecule has 0 aromatic rings. The SMILES string of the molecule is CC[C@H](C)[C@H](NC(=O)[C@H](CCSC)N[Se]C(=O)[C@H](CCCCN)NC(=O)OC(C)(C)C)C(=O)O. The maximum absolute atomic E-state index is 13.0. The van der Waals surface area contributed by atoms with Gasteiger partial charge in [0.25, 0.3) is 0 Å². The minimum atomic E-state index is -1.09. The number of nitrogens with two attached hydrogens (primary N) is 1. The van der Waals surface area contributed by atoms with Gasteiger partial charge in [-0.1, -0.05) is 0 Å². The summed E-state index contributed by atoms with van der Waals surface area (Å²) in [4.78, 5) is 49.6. The van der Waals surface area contributed by atoms with Gasteiger partial charge >= 0.3 is 214 Å². The average molecular weight is 570 g/mol. The van der Waals surface area contributed by atoms with Gasteiger partial charge in [0.2, 0.25) is 0 Å². The first-order valence-corrected chi connectivity index (χ1v) is 14.6. The molecule has 0 aromatic heterocycles. The van der Waals surface area contributed by atoms with Gasteiger partial charge in [0.05, 0.1) is 0 Å². The zero-order chi connectivity index (χ0) is 26.3. The molecule has 34 heavy (non-hydrogen) atoms. The number of carbonyl (C=O) groups is 4. The first-order chi connectivity index (χ1) is 15.9. The third-order valence-electron chi connectivity index (χ3n) is 4.93. The molecule has 0 radical (unpaired) electrons. The second-order valence-corrected chi connectivity index (χ2v) is 11.8. The Labute approximate surface area is 214 Å². The van der Waals surface area contributed by atoms with Crippen LogP contribution in [0.4, 0.5) is 4.79 Å². The van der Waals surface area contributed by atoms with Gasteiger partial charge in [-0.05, 0) is 0 Å². The summed E-state index contributed by atoms with van der Waals surface area (Å²) >= 11 is 0.730. The van der Waals surface area contributed by atoms with Crippen molar-refractivity contribution in [2.75, 3.05) is 18.6 Å². The van der Waals surface area contributed by atoms with Gasteiger partial charge in [0.1, 0.15) is 0 Å². The fraction of sp³-hybridized carbons (Fsp3) is 0.818. The molecule has 10 nitrogen and oxygen atoms in total. The summed E-state index contributed by atoms with van der Waals surface area (Å²) in [5.41, 5.74) is 4.85. The van der Waals surface area contributed by atoms with E-state index >= 15 is 0 Å². The van der Waals surface area contributed by atoms with Crippen LogP contribution >= 0.6 is 11.8 Å². The third kappa shape index (κ3) is 14.2. The predicted octanol–water partition coefficient (Wildman–Crippen LogP) is 1.48. The summed E-state index contributed by atoms with van der Waals surface area (Å²) < 4.78 is 8.08. The van der Waals surface area contributed by atoms with E-state index in [1.807, 2.05) is 13.2 Å². The van der Waals surface area contributed by atoms with Crippen molar-refractivity contribution in [1.29, 1.82) is 0 Å². The topological polar surface area (TPSA) is 160 Å². The number of ether oxygens (including phenoxy) is 1. The first kappa shape index (κ1) is 32.7. The van der Waals surface area contributed by atoms with Crippen molar-refractivity contribution in [2.24, 2.45) is 11.7 Å². The monoisotopic (exact) mass is 570 g/mol. The van der Waals surface area contributed by atoms with Gasteiger partial charge in [0, 0.05) is 0 Å². The number of rotatable bonds is 17. The van der Waals surface area contributed by atoms with Crippen LogP contribution in [-0.2, 0) is 19.1 Å². The van der Waals surface area contributed by atoms with Crippen molar-refractivity contribution in [3.05, 3.63) is 0 Å². The number of thioether (sulfide) groups is 1. The van der Waals surface area contributed by atoms with Gasteiger partial charge in [0.15, 0.2) is 0 Å². The van der Waals surface area contributed by atoms with E-state index in [2.05, 4.69) is 15.0 Å². The molecule has 0 aliphatic carbocycles. The van der Waals surface area contributed by atoms with Gasteiger partial charge in [-0.3, -0.25) is 0 Å². The molecule has 0 saturated carbocycles. The quantitative estimate of drug-likeness (QED) is 0.129. The molecule has 4 atom stereocenters. The Bertz CT molecular complexity index is 662. The Hall–Kier alpha value is -1.33. The molecule has 12 heteroatoms. The Balaban J connectivity index is 5.27. The summed E-state index contributed by atoms with van der Waals surface area (Å²) in [6.07, 6.45) is 4.05. The number of amides is 2. The number of aliphatic carboxylic acids is 1. The number of carboxylic acid groups (broad SMARTS) is 1. The summed E-state index contributed by atoms with van der Waals surface area (Å²) in [7, 11) is 0. The Morgan fingerprint density at radius 2 is 1.74 bits per heavy atom. The molecular weight excluding hydrogens is 527 g/mol. The van der Waals surface area contributed by atoms with E-state index in [9.17, 15) is 24.3 Å². The molecule has 0 heterocycles. The van der Waals surface area contributed by atoms with Crippen LogP contribution in [0.1, 0.15) is 66.7 Å². The number of nitrogens with one attached hydrogen (secondary N) is 3. The van der Waals surface area contributed by atoms with Crippen molar-refractivity contribution < 1.29 is 29.0 Å². The molecule has 0 aliphatic rings. The molecule has 0 rings (SSSR count). The van der Waals surface area contributed by atoms with E-state index in [0.29, 0.717) is 44.4 Å². The van der Waals surface area contributed by atoms with E-state index in [1.165, 1.54) is 0 Å². The molecular formula is C22H42N4O6SSe. The molecule has 2 amide bonds. The van der Waals surface area contributed by atoms with Gasteiger partial charge in [-0.15, -0.1) is 0 Å². The number of unbranched alkanes of at least 4 members (excludes halogenated alkanes) is 1. The zero-order valence-electron chi connectivity index (χ0n) is 21.1. The summed E-state index contributed by atoms with van der Waals surface area (Å²) in [6.45, 7) is 9.33. The Morgan fingerprint density at radius 3 is 2.24 bits per heavy atom. The number of carbonyl (C=O) groups excluding carboxylic acids is 3. The van der Waals surface area contributed by atoms with Crippen LogP contribution in [0, 0.1) is 5.92 Å². The van der Waals surface area contributed by atoms with Crippen molar-refractivity contribution in [1.82, 2.24) is 15.0 Å². The normalized spacial score (nSPS) is 15.0. The van der Waals surface area contributed by atoms with Crippen LogP contribution in [0.25, 0.3) is 0 Å². The first-order valence-electron chi connectivity index (χ1n) is 11.5. The van der Waals surface area contributed by atoms with Gasteiger partial charge in [-0.2, -0.15) is 0 Å². The molecule has 0 unspecified atom stereocenters. The molecule has 0 fully saturated rings. The van der Waals surface area contributed by atoms with E-state index in [1.54, 1.807) is 39.5 Å². The van der Waals surface area contributed by atoms with Crippen molar-refractivity contribution in [2.45, 2.75) is 90.4 Å². The summed E-state index contributed by atoms with van der Waals surface area (Å²) in [5.74, 6) is -1.11. The second-order valence-electron chi connectivity index (χ2n) is 9.07. The molecule has 0 aliphatic heterocycles. The van der Waals surface area contributed by atoms with Crippen LogP contribution in [0.5, 0.6) is 0 Å². The molecule has 0 aromatic carbocycles.